The number of nitrogens with zero attached hydrogens (tertiary/aromatic N) is 4. The first kappa shape index (κ1) is 73.1. The van der Waals surface area contributed by atoms with Crippen molar-refractivity contribution in [3.63, 3.8) is 0 Å². The molecule has 0 saturated carbocycles. The summed E-state index contributed by atoms with van der Waals surface area (Å²) in [6.07, 6.45) is 0. The zero-order valence-corrected chi connectivity index (χ0v) is 69.7. The molecule has 3 heterocycles. The monoisotopic (exact) mass is 1570 g/mol. The van der Waals surface area contributed by atoms with Gasteiger partial charge in [-0.3, -0.25) is 0 Å². The van der Waals surface area contributed by atoms with Crippen LogP contribution in [0, 0.1) is 0 Å². The van der Waals surface area contributed by atoms with Crippen molar-refractivity contribution in [2.24, 2.45) is 0 Å². The smallest absolute Gasteiger partial charge is 0.252 e. The maximum Gasteiger partial charge on any atom is 0.252 e. The molecule has 21 aromatic rings. The van der Waals surface area contributed by atoms with Gasteiger partial charge >= 0.3 is 0 Å². The van der Waals surface area contributed by atoms with E-state index in [1.807, 2.05) is 0 Å². The zero-order chi connectivity index (χ0) is 82.3. The van der Waals surface area contributed by atoms with Gasteiger partial charge in [-0.25, -0.2) is 0 Å². The van der Waals surface area contributed by atoms with Gasteiger partial charge in [-0.1, -0.05) is 369 Å². The second kappa shape index (κ2) is 28.9. The Morgan fingerprint density at radius 3 is 1.07 bits per heavy atom. The quantitative estimate of drug-likeness (QED) is 0.0650. The Balaban J connectivity index is 0.910. The normalized spacial score (nSPS) is 12.6. The number of benzene rings is 20. The van der Waals surface area contributed by atoms with Crippen molar-refractivity contribution < 1.29 is 0 Å². The maximum absolute atomic E-state index is 2.74. The summed E-state index contributed by atoms with van der Waals surface area (Å²) in [6.45, 7) is 13.8. The number of para-hydroxylation sites is 2. The highest BCUT2D eigenvalue weighted by Crippen LogP contribution is 2.57. The summed E-state index contributed by atoms with van der Waals surface area (Å²) in [5.41, 5.74) is 34.4. The van der Waals surface area contributed by atoms with Crippen LogP contribution in [-0.4, -0.2) is 11.3 Å². The van der Waals surface area contributed by atoms with Gasteiger partial charge < -0.3 is 19.3 Å². The molecular formula is C118H87BN4. The Bertz CT molecular complexity index is 7410. The summed E-state index contributed by atoms with van der Waals surface area (Å²) in [5, 5.41) is 12.6. The van der Waals surface area contributed by atoms with Gasteiger partial charge in [-0.15, -0.1) is 0 Å². The molecule has 0 atom stereocenters. The van der Waals surface area contributed by atoms with E-state index in [2.05, 4.69) is 479 Å². The second-order valence-corrected chi connectivity index (χ2v) is 35.5. The summed E-state index contributed by atoms with van der Waals surface area (Å²) in [7, 11) is 0. The molecule has 0 bridgehead atoms. The molecule has 0 aliphatic carbocycles. The summed E-state index contributed by atoms with van der Waals surface area (Å²) < 4.78 is 2.52. The largest absolute Gasteiger partial charge is 0.310 e. The van der Waals surface area contributed by atoms with Crippen LogP contribution in [0.25, 0.3) is 148 Å². The van der Waals surface area contributed by atoms with Crippen LogP contribution < -0.4 is 31.1 Å². The van der Waals surface area contributed by atoms with E-state index in [1.165, 1.54) is 86.9 Å². The number of hydrogen-bond donors (Lipinski definition) is 0. The molecule has 0 radical (unpaired) electrons. The lowest BCUT2D eigenvalue weighted by Crippen LogP contribution is -2.61. The molecule has 2 aliphatic heterocycles. The molecule has 23 rings (SSSR count). The summed E-state index contributed by atoms with van der Waals surface area (Å²) in [5.74, 6) is 0. The predicted octanol–water partition coefficient (Wildman–Crippen LogP) is 30.7. The molecule has 123 heavy (non-hydrogen) atoms. The molecule has 0 spiro atoms. The third-order valence-corrected chi connectivity index (χ3v) is 26.2. The summed E-state index contributed by atoms with van der Waals surface area (Å²) in [6, 6.07) is 159. The van der Waals surface area contributed by atoms with Crippen LogP contribution in [-0.2, 0) is 10.8 Å². The average Bonchev–Trinajstić information content (AvgIpc) is 0.895. The van der Waals surface area contributed by atoms with Crippen LogP contribution >= 0.6 is 0 Å². The fourth-order valence-electron chi connectivity index (χ4n) is 20.3. The van der Waals surface area contributed by atoms with Crippen LogP contribution in [0.3, 0.4) is 0 Å². The maximum atomic E-state index is 2.74. The van der Waals surface area contributed by atoms with Crippen molar-refractivity contribution >= 4 is 139 Å². The minimum atomic E-state index is -0.370. The first-order chi connectivity index (χ1) is 60.3. The number of rotatable bonds is 13. The summed E-state index contributed by atoms with van der Waals surface area (Å²) >= 11 is 0. The fraction of sp³-hybridized carbons (Fsp3) is 0.0678. The fourth-order valence-corrected chi connectivity index (χ4v) is 20.3. The van der Waals surface area contributed by atoms with Gasteiger partial charge in [-0.05, 0) is 228 Å². The lowest BCUT2D eigenvalue weighted by atomic mass is 9.33. The Hall–Kier alpha value is -15.0. The van der Waals surface area contributed by atoms with Crippen LogP contribution in [0.15, 0.2) is 419 Å². The zero-order valence-electron chi connectivity index (χ0n) is 69.7. The van der Waals surface area contributed by atoms with Crippen molar-refractivity contribution in [3.8, 4) is 83.6 Å². The Morgan fingerprint density at radius 2 is 0.610 bits per heavy atom. The van der Waals surface area contributed by atoms with E-state index in [0.717, 1.165) is 140 Å². The van der Waals surface area contributed by atoms with E-state index in [9.17, 15) is 0 Å². The van der Waals surface area contributed by atoms with Crippen molar-refractivity contribution in [2.45, 2.75) is 52.4 Å². The molecule has 0 N–H and O–H groups in total. The molecule has 4 nitrogen and oxygen atoms in total. The number of anilines is 9. The molecular weight excluding hydrogens is 1480 g/mol. The predicted molar refractivity (Wildman–Crippen MR) is 526 cm³/mol. The van der Waals surface area contributed by atoms with Crippen LogP contribution in [0.2, 0.25) is 0 Å². The molecule has 1 aromatic heterocycles. The van der Waals surface area contributed by atoms with Crippen molar-refractivity contribution in [1.29, 1.82) is 0 Å². The third-order valence-electron chi connectivity index (χ3n) is 26.2. The standard InChI is InChI=1S/C118H87BN4/c1-117(2,3)86-69-100(80-36-17-9-18-37-80)115(101(70-86)81-38-19-10-20-39-81)122-108-67-58-85(92-64-65-99-97-49-30-45-84-44-29-48-96(112(84)97)98-51-31-50-95(92)113(98)99)68-105(108)119-104-66-63-90(121-106-52-27-25-46-93(106)94-47-26-28-53-107(94)121)73-109(104)123(116-102(82-40-21-11-22-41-82)71-87(118(4,5)6)72-103(116)83-42-23-12-24-43-83)111-75-91(74-110(122)114(111)119)120(88-59-54-78(55-60-88)76-32-13-7-14-33-76)89-61-56-79(57-62-89)77-34-15-8-16-35-77/h7-75H,1-6H3. The van der Waals surface area contributed by atoms with E-state index < -0.39 is 0 Å². The van der Waals surface area contributed by atoms with Gasteiger partial charge in [0, 0.05) is 72.8 Å². The topological polar surface area (TPSA) is 14.7 Å². The van der Waals surface area contributed by atoms with E-state index in [4.69, 9.17) is 0 Å². The van der Waals surface area contributed by atoms with Crippen LogP contribution in [0.1, 0.15) is 52.7 Å². The molecule has 0 amide bonds. The van der Waals surface area contributed by atoms with Gasteiger partial charge in [0.25, 0.3) is 6.71 Å². The number of aromatic nitrogens is 1. The van der Waals surface area contributed by atoms with Crippen molar-refractivity contribution in [1.82, 2.24) is 4.57 Å². The minimum absolute atomic E-state index is 0.248. The average molecular weight is 1570 g/mol. The lowest BCUT2D eigenvalue weighted by Gasteiger charge is -2.46. The Morgan fingerprint density at radius 1 is 0.236 bits per heavy atom. The Labute approximate surface area is 719 Å². The Kier molecular flexibility index (Phi) is 17.2. The van der Waals surface area contributed by atoms with E-state index in [0.29, 0.717) is 0 Å². The SMILES string of the molecule is CC(C)(C)c1cc(-c2ccccc2)c(N2c3ccc(-c4ccc5c6cccc7cccc(c8cccc4c85)c76)cc3B3c4ccc(-n5c6ccccc6c6ccccc65)cc4N(c4c(-c5ccccc5)cc(C(C)(C)C)cc4-c4ccccc4)c4cc(N(c5ccc(-c6ccccc6)cc5)c5ccc(-c6ccccc6)cc5)cc2c43)c(-c2ccccc2)c1. The van der Waals surface area contributed by atoms with E-state index in [1.54, 1.807) is 0 Å². The molecule has 0 saturated heterocycles. The van der Waals surface area contributed by atoms with E-state index >= 15 is 0 Å². The van der Waals surface area contributed by atoms with Gasteiger partial charge in [0.1, 0.15) is 0 Å². The number of fused-ring (bicyclic) bond motifs is 9. The van der Waals surface area contributed by atoms with Crippen LogP contribution in [0.4, 0.5) is 51.2 Å². The molecule has 5 heteroatoms. The second-order valence-electron chi connectivity index (χ2n) is 35.5. The third kappa shape index (κ3) is 12.1. The summed E-state index contributed by atoms with van der Waals surface area (Å²) in [4.78, 5) is 8.01. The van der Waals surface area contributed by atoms with Gasteiger partial charge in [-0.2, -0.15) is 0 Å². The molecule has 20 aromatic carbocycles. The van der Waals surface area contributed by atoms with Crippen molar-refractivity contribution in [2.75, 3.05) is 14.7 Å². The van der Waals surface area contributed by atoms with Gasteiger partial charge in [0.2, 0.25) is 0 Å². The first-order valence-corrected chi connectivity index (χ1v) is 43.1. The molecule has 0 unspecified atom stereocenters. The van der Waals surface area contributed by atoms with Gasteiger partial charge in [0.15, 0.2) is 0 Å². The van der Waals surface area contributed by atoms with Gasteiger partial charge in [0.05, 0.1) is 28.1 Å². The molecule has 2 aliphatic rings. The minimum Gasteiger partial charge on any atom is -0.310 e. The van der Waals surface area contributed by atoms with Crippen LogP contribution in [0.5, 0.6) is 0 Å². The lowest BCUT2D eigenvalue weighted by molar-refractivity contribution is 0.590. The van der Waals surface area contributed by atoms with E-state index in [-0.39, 0.29) is 17.5 Å². The first-order valence-electron chi connectivity index (χ1n) is 43.1. The van der Waals surface area contributed by atoms with Crippen molar-refractivity contribution in [3.05, 3.63) is 430 Å². The molecule has 582 valence electrons. The molecule has 0 fully saturated rings. The highest BCUT2D eigenvalue weighted by atomic mass is 15.2. The highest BCUT2D eigenvalue weighted by molar-refractivity contribution is 7.00. The highest BCUT2D eigenvalue weighted by Gasteiger charge is 2.47. The number of hydrogen-bond acceptors (Lipinski definition) is 3.